The van der Waals surface area contributed by atoms with E-state index in [0.717, 1.165) is 6.54 Å². The van der Waals surface area contributed by atoms with Gasteiger partial charge in [-0.2, -0.15) is 0 Å². The number of halogens is 2. The van der Waals surface area contributed by atoms with Crippen molar-refractivity contribution in [3.63, 3.8) is 0 Å². The maximum absolute atomic E-state index is 4.17. The fourth-order valence-electron chi connectivity index (χ4n) is 2.12. The Morgan fingerprint density at radius 1 is 1.38 bits per heavy atom. The molecule has 0 unspecified atom stereocenters. The van der Waals surface area contributed by atoms with E-state index in [4.69, 9.17) is 0 Å². The molecule has 1 aromatic rings. The number of hydrogen-bond acceptors (Lipinski definition) is 3. The Kier molecular flexibility index (Phi) is 7.68. The first-order chi connectivity index (χ1) is 6.92. The maximum atomic E-state index is 4.17. The summed E-state index contributed by atoms with van der Waals surface area (Å²) < 4.78 is 0. The number of nitrogens with one attached hydrogen (secondary N) is 1. The van der Waals surface area contributed by atoms with Crippen LogP contribution in [0.2, 0.25) is 0 Å². The standard InChI is InChI=1S/C11H17N3.2ClH/c1-12-14-8-3-2-6-11(14)10-5-4-7-13-9-10;;/h4-5,7,9,11-12H,2-3,6,8H2,1H3;2*1H/t11-;;/m1../s1. The molecule has 1 N–H and O–H groups in total. The van der Waals surface area contributed by atoms with Crippen LogP contribution in [0.4, 0.5) is 0 Å². The average Bonchev–Trinajstić information content (AvgIpc) is 2.30. The van der Waals surface area contributed by atoms with E-state index in [0.29, 0.717) is 6.04 Å². The van der Waals surface area contributed by atoms with Crippen LogP contribution in [-0.2, 0) is 0 Å². The molecule has 0 saturated carbocycles. The molecule has 1 saturated heterocycles. The lowest BCUT2D eigenvalue weighted by molar-refractivity contribution is 0.0982. The van der Waals surface area contributed by atoms with Gasteiger partial charge in [0, 0.05) is 18.9 Å². The lowest BCUT2D eigenvalue weighted by atomic mass is 9.98. The van der Waals surface area contributed by atoms with Crippen LogP contribution in [-0.4, -0.2) is 23.6 Å². The van der Waals surface area contributed by atoms with Gasteiger partial charge in [0.1, 0.15) is 0 Å². The van der Waals surface area contributed by atoms with Crippen LogP contribution in [0.3, 0.4) is 0 Å². The van der Waals surface area contributed by atoms with Crippen molar-refractivity contribution >= 4 is 24.8 Å². The maximum Gasteiger partial charge on any atom is 0.0508 e. The number of aromatic nitrogens is 1. The summed E-state index contributed by atoms with van der Waals surface area (Å²) >= 11 is 0. The molecule has 1 aliphatic rings. The molecule has 0 aromatic carbocycles. The predicted molar refractivity (Wildman–Crippen MR) is 71.1 cm³/mol. The van der Waals surface area contributed by atoms with Crippen molar-refractivity contribution in [1.82, 2.24) is 15.4 Å². The van der Waals surface area contributed by atoms with E-state index in [1.54, 1.807) is 0 Å². The van der Waals surface area contributed by atoms with E-state index in [2.05, 4.69) is 21.5 Å². The highest BCUT2D eigenvalue weighted by Gasteiger charge is 2.22. The zero-order chi connectivity index (χ0) is 9.80. The van der Waals surface area contributed by atoms with E-state index in [1.807, 2.05) is 25.5 Å². The van der Waals surface area contributed by atoms with Gasteiger partial charge in [0.2, 0.25) is 0 Å². The minimum absolute atomic E-state index is 0. The molecular formula is C11H19Cl2N3. The molecule has 0 radical (unpaired) electrons. The van der Waals surface area contributed by atoms with Crippen LogP contribution >= 0.6 is 24.8 Å². The van der Waals surface area contributed by atoms with Crippen molar-refractivity contribution in [3.8, 4) is 0 Å². The molecule has 5 heteroatoms. The number of nitrogens with zero attached hydrogens (tertiary/aromatic N) is 2. The van der Waals surface area contributed by atoms with Crippen molar-refractivity contribution < 1.29 is 0 Å². The highest BCUT2D eigenvalue weighted by Crippen LogP contribution is 2.28. The summed E-state index contributed by atoms with van der Waals surface area (Å²) in [6.45, 7) is 1.13. The van der Waals surface area contributed by atoms with E-state index in [1.165, 1.54) is 24.8 Å². The molecule has 3 nitrogen and oxygen atoms in total. The van der Waals surface area contributed by atoms with Crippen molar-refractivity contribution in [3.05, 3.63) is 30.1 Å². The fraction of sp³-hybridized carbons (Fsp3) is 0.545. The van der Waals surface area contributed by atoms with Crippen LogP contribution in [0.1, 0.15) is 30.9 Å². The molecule has 2 rings (SSSR count). The largest absolute Gasteiger partial charge is 0.264 e. The van der Waals surface area contributed by atoms with Crippen molar-refractivity contribution in [2.75, 3.05) is 13.6 Å². The van der Waals surface area contributed by atoms with Gasteiger partial charge in [-0.05, 0) is 31.5 Å². The second-order valence-electron chi connectivity index (χ2n) is 3.71. The van der Waals surface area contributed by atoms with Gasteiger partial charge in [-0.15, -0.1) is 24.8 Å². The molecule has 1 atom stereocenters. The van der Waals surface area contributed by atoms with E-state index in [9.17, 15) is 0 Å². The molecule has 0 aliphatic carbocycles. The van der Waals surface area contributed by atoms with Crippen molar-refractivity contribution in [2.45, 2.75) is 25.3 Å². The number of hydrazine groups is 1. The van der Waals surface area contributed by atoms with Gasteiger partial charge >= 0.3 is 0 Å². The van der Waals surface area contributed by atoms with Gasteiger partial charge in [-0.25, -0.2) is 5.01 Å². The summed E-state index contributed by atoms with van der Waals surface area (Å²) in [6.07, 6.45) is 7.64. The Hall–Kier alpha value is -0.350. The summed E-state index contributed by atoms with van der Waals surface area (Å²) in [7, 11) is 1.99. The Labute approximate surface area is 109 Å². The third kappa shape index (κ3) is 3.59. The van der Waals surface area contributed by atoms with Gasteiger partial charge < -0.3 is 0 Å². The molecular weight excluding hydrogens is 245 g/mol. The lowest BCUT2D eigenvalue weighted by Gasteiger charge is -2.34. The number of rotatable bonds is 2. The Bertz CT molecular complexity index is 282. The molecule has 0 bridgehead atoms. The first-order valence-corrected chi connectivity index (χ1v) is 5.26. The lowest BCUT2D eigenvalue weighted by Crippen LogP contribution is -2.41. The monoisotopic (exact) mass is 263 g/mol. The molecule has 0 amide bonds. The van der Waals surface area contributed by atoms with E-state index < -0.39 is 0 Å². The number of pyridine rings is 1. The highest BCUT2D eigenvalue weighted by atomic mass is 35.5. The zero-order valence-corrected chi connectivity index (χ0v) is 11.1. The van der Waals surface area contributed by atoms with Crippen molar-refractivity contribution in [2.24, 2.45) is 0 Å². The Balaban J connectivity index is 0.00000112. The number of hydrogen-bond donors (Lipinski definition) is 1. The quantitative estimate of drug-likeness (QED) is 0.889. The van der Waals surface area contributed by atoms with E-state index >= 15 is 0 Å². The normalized spacial score (nSPS) is 20.7. The summed E-state index contributed by atoms with van der Waals surface area (Å²) in [5.41, 5.74) is 4.58. The molecule has 1 aliphatic heterocycles. The minimum atomic E-state index is 0. The second-order valence-corrected chi connectivity index (χ2v) is 3.71. The van der Waals surface area contributed by atoms with Crippen LogP contribution in [0.15, 0.2) is 24.5 Å². The van der Waals surface area contributed by atoms with Crippen LogP contribution < -0.4 is 5.43 Å². The predicted octanol–water partition coefficient (Wildman–Crippen LogP) is 2.59. The van der Waals surface area contributed by atoms with Gasteiger partial charge in [-0.1, -0.05) is 12.5 Å². The SMILES string of the molecule is CNN1CCCC[C@@H]1c1cccnc1.Cl.Cl. The Morgan fingerprint density at radius 2 is 2.19 bits per heavy atom. The molecule has 0 spiro atoms. The smallest absolute Gasteiger partial charge is 0.0508 e. The molecule has 2 heterocycles. The van der Waals surface area contributed by atoms with Gasteiger partial charge in [0.25, 0.3) is 0 Å². The molecule has 92 valence electrons. The van der Waals surface area contributed by atoms with E-state index in [-0.39, 0.29) is 24.8 Å². The number of piperidine rings is 1. The topological polar surface area (TPSA) is 28.2 Å². The third-order valence-corrected chi connectivity index (χ3v) is 2.86. The highest BCUT2D eigenvalue weighted by molar-refractivity contribution is 5.85. The van der Waals surface area contributed by atoms with Crippen LogP contribution in [0, 0.1) is 0 Å². The van der Waals surface area contributed by atoms with Gasteiger partial charge in [0.15, 0.2) is 0 Å². The minimum Gasteiger partial charge on any atom is -0.264 e. The zero-order valence-electron chi connectivity index (χ0n) is 9.43. The van der Waals surface area contributed by atoms with Gasteiger partial charge in [-0.3, -0.25) is 10.4 Å². The summed E-state index contributed by atoms with van der Waals surface area (Å²) in [4.78, 5) is 4.17. The van der Waals surface area contributed by atoms with Gasteiger partial charge in [0.05, 0.1) is 6.04 Å². The molecule has 16 heavy (non-hydrogen) atoms. The Morgan fingerprint density at radius 3 is 2.81 bits per heavy atom. The first-order valence-electron chi connectivity index (χ1n) is 5.26. The van der Waals surface area contributed by atoms with Crippen LogP contribution in [0.5, 0.6) is 0 Å². The second kappa shape index (κ2) is 7.85. The van der Waals surface area contributed by atoms with Crippen molar-refractivity contribution in [1.29, 1.82) is 0 Å². The fourth-order valence-corrected chi connectivity index (χ4v) is 2.12. The average molecular weight is 264 g/mol. The first kappa shape index (κ1) is 15.7. The summed E-state index contributed by atoms with van der Waals surface area (Å²) in [6, 6.07) is 4.67. The molecule has 1 fully saturated rings. The molecule has 1 aromatic heterocycles. The summed E-state index contributed by atoms with van der Waals surface area (Å²) in [5.74, 6) is 0. The third-order valence-electron chi connectivity index (χ3n) is 2.86. The summed E-state index contributed by atoms with van der Waals surface area (Å²) in [5, 5.41) is 2.31. The van der Waals surface area contributed by atoms with Crippen LogP contribution in [0.25, 0.3) is 0 Å².